The Morgan fingerprint density at radius 2 is 2.00 bits per heavy atom. The molecule has 4 N–H and O–H groups in total. The molecule has 0 aromatic heterocycles. The van der Waals surface area contributed by atoms with Crippen molar-refractivity contribution in [1.29, 1.82) is 0 Å². The average molecular weight is 308 g/mol. The zero-order valence-corrected chi connectivity index (χ0v) is 12.0. The van der Waals surface area contributed by atoms with E-state index < -0.39 is 6.03 Å². The van der Waals surface area contributed by atoms with Gasteiger partial charge in [0.15, 0.2) is 0 Å². The lowest BCUT2D eigenvalue weighted by Gasteiger charge is -2.09. The number of hydrogen-bond acceptors (Lipinski definition) is 2. The molecule has 0 unspecified atom stereocenters. The SMILES string of the molecule is Nc1ccc(NC(=O)NCCc2ccccc2F)c(Cl)c1. The van der Waals surface area contributed by atoms with E-state index in [0.29, 0.717) is 34.9 Å². The summed E-state index contributed by atoms with van der Waals surface area (Å²) >= 11 is 5.95. The number of nitrogens with one attached hydrogen (secondary N) is 2. The van der Waals surface area contributed by atoms with Gasteiger partial charge in [0.1, 0.15) is 5.82 Å². The van der Waals surface area contributed by atoms with Crippen molar-refractivity contribution in [3.8, 4) is 0 Å². The zero-order valence-electron chi connectivity index (χ0n) is 11.2. The van der Waals surface area contributed by atoms with E-state index in [1.54, 1.807) is 36.4 Å². The fourth-order valence-corrected chi connectivity index (χ4v) is 2.05. The Labute approximate surface area is 127 Å². The standard InChI is InChI=1S/C15H15ClFN3O/c16-12-9-11(18)5-6-14(12)20-15(21)19-8-7-10-3-1-2-4-13(10)17/h1-6,9H,7-8,18H2,(H2,19,20,21). The van der Waals surface area contributed by atoms with Crippen molar-refractivity contribution in [2.45, 2.75) is 6.42 Å². The van der Waals surface area contributed by atoms with E-state index in [2.05, 4.69) is 10.6 Å². The molecule has 0 atom stereocenters. The Kier molecular flexibility index (Phi) is 5.00. The normalized spacial score (nSPS) is 10.2. The highest BCUT2D eigenvalue weighted by Gasteiger charge is 2.06. The van der Waals surface area contributed by atoms with Crippen molar-refractivity contribution < 1.29 is 9.18 Å². The summed E-state index contributed by atoms with van der Waals surface area (Å²) in [7, 11) is 0. The summed E-state index contributed by atoms with van der Waals surface area (Å²) in [6, 6.07) is 10.9. The van der Waals surface area contributed by atoms with E-state index in [0.717, 1.165) is 0 Å². The molecule has 2 aromatic carbocycles. The van der Waals surface area contributed by atoms with Gasteiger partial charge in [0.2, 0.25) is 0 Å². The fourth-order valence-electron chi connectivity index (χ4n) is 1.81. The summed E-state index contributed by atoms with van der Waals surface area (Å²) in [5.41, 5.74) is 7.11. The Morgan fingerprint density at radius 3 is 2.71 bits per heavy atom. The summed E-state index contributed by atoms with van der Waals surface area (Å²) in [5, 5.41) is 5.61. The molecule has 0 aliphatic carbocycles. The van der Waals surface area contributed by atoms with Crippen LogP contribution in [0, 0.1) is 5.82 Å². The molecule has 4 nitrogen and oxygen atoms in total. The van der Waals surface area contributed by atoms with Gasteiger partial charge in [-0.25, -0.2) is 9.18 Å². The molecule has 2 amide bonds. The van der Waals surface area contributed by atoms with Crippen molar-refractivity contribution in [3.63, 3.8) is 0 Å². The predicted octanol–water partition coefficient (Wildman–Crippen LogP) is 3.43. The quantitative estimate of drug-likeness (QED) is 0.758. The number of carbonyl (C=O) groups is 1. The number of anilines is 2. The van der Waals surface area contributed by atoms with Gasteiger partial charge in [0.05, 0.1) is 10.7 Å². The summed E-state index contributed by atoms with van der Waals surface area (Å²) in [6.07, 6.45) is 0.412. The number of halogens is 2. The minimum Gasteiger partial charge on any atom is -0.399 e. The van der Waals surface area contributed by atoms with Crippen molar-refractivity contribution in [2.24, 2.45) is 0 Å². The molecule has 0 heterocycles. The lowest BCUT2D eigenvalue weighted by Crippen LogP contribution is -2.30. The van der Waals surface area contributed by atoms with Crippen LogP contribution in [-0.2, 0) is 6.42 Å². The number of hydrogen-bond donors (Lipinski definition) is 3. The number of nitrogens with two attached hydrogens (primary N) is 1. The van der Waals surface area contributed by atoms with Gasteiger partial charge in [-0.2, -0.15) is 0 Å². The third-order valence-electron chi connectivity index (χ3n) is 2.88. The zero-order chi connectivity index (χ0) is 15.2. The Bertz CT molecular complexity index is 649. The molecule has 0 spiro atoms. The smallest absolute Gasteiger partial charge is 0.319 e. The summed E-state index contributed by atoms with van der Waals surface area (Å²) < 4.78 is 13.4. The molecule has 0 aliphatic heterocycles. The van der Waals surface area contributed by atoms with Crippen molar-refractivity contribution in [3.05, 3.63) is 58.9 Å². The van der Waals surface area contributed by atoms with Crippen LogP contribution in [0.2, 0.25) is 5.02 Å². The lowest BCUT2D eigenvalue weighted by molar-refractivity contribution is 0.252. The molecular formula is C15H15ClFN3O. The first-order chi connectivity index (χ1) is 10.1. The minimum absolute atomic E-state index is 0.277. The molecule has 0 bridgehead atoms. The van der Waals surface area contributed by atoms with Gasteiger partial charge in [-0.1, -0.05) is 29.8 Å². The molecule has 21 heavy (non-hydrogen) atoms. The van der Waals surface area contributed by atoms with Crippen LogP contribution in [0.5, 0.6) is 0 Å². The molecule has 2 rings (SSSR count). The lowest BCUT2D eigenvalue weighted by atomic mass is 10.1. The van der Waals surface area contributed by atoms with Crippen LogP contribution in [-0.4, -0.2) is 12.6 Å². The molecule has 6 heteroatoms. The highest BCUT2D eigenvalue weighted by atomic mass is 35.5. The first-order valence-electron chi connectivity index (χ1n) is 6.39. The van der Waals surface area contributed by atoms with Gasteiger partial charge >= 0.3 is 6.03 Å². The second kappa shape index (κ2) is 6.95. The third-order valence-corrected chi connectivity index (χ3v) is 3.19. The third kappa shape index (κ3) is 4.36. The fraction of sp³-hybridized carbons (Fsp3) is 0.133. The van der Waals surface area contributed by atoms with Gasteiger partial charge in [-0.3, -0.25) is 0 Å². The van der Waals surface area contributed by atoms with E-state index in [9.17, 15) is 9.18 Å². The number of nitrogen functional groups attached to an aromatic ring is 1. The second-order valence-electron chi connectivity index (χ2n) is 4.46. The molecule has 0 radical (unpaired) electrons. The van der Waals surface area contributed by atoms with E-state index >= 15 is 0 Å². The topological polar surface area (TPSA) is 67.1 Å². The second-order valence-corrected chi connectivity index (χ2v) is 4.87. The number of amides is 2. The first-order valence-corrected chi connectivity index (χ1v) is 6.77. The van der Waals surface area contributed by atoms with Crippen LogP contribution in [0.1, 0.15) is 5.56 Å². The Balaban J connectivity index is 1.84. The predicted molar refractivity (Wildman–Crippen MR) is 83.0 cm³/mol. The highest BCUT2D eigenvalue weighted by Crippen LogP contribution is 2.23. The van der Waals surface area contributed by atoms with Crippen LogP contribution >= 0.6 is 11.6 Å². The van der Waals surface area contributed by atoms with Gasteiger partial charge in [-0.15, -0.1) is 0 Å². The van der Waals surface area contributed by atoms with Crippen LogP contribution in [0.15, 0.2) is 42.5 Å². The van der Waals surface area contributed by atoms with Crippen molar-refractivity contribution in [2.75, 3.05) is 17.6 Å². The van der Waals surface area contributed by atoms with Crippen molar-refractivity contribution >= 4 is 29.0 Å². The number of rotatable bonds is 4. The molecule has 110 valence electrons. The Hall–Kier alpha value is -2.27. The summed E-state index contributed by atoms with van der Waals surface area (Å²) in [4.78, 5) is 11.7. The average Bonchev–Trinajstić information content (AvgIpc) is 2.44. The van der Waals surface area contributed by atoms with Crippen LogP contribution in [0.25, 0.3) is 0 Å². The van der Waals surface area contributed by atoms with E-state index in [4.69, 9.17) is 17.3 Å². The molecule has 0 aliphatic rings. The molecular weight excluding hydrogens is 293 g/mol. The largest absolute Gasteiger partial charge is 0.399 e. The van der Waals surface area contributed by atoms with Gasteiger partial charge in [0, 0.05) is 12.2 Å². The maximum Gasteiger partial charge on any atom is 0.319 e. The van der Waals surface area contributed by atoms with Gasteiger partial charge in [0.25, 0.3) is 0 Å². The van der Waals surface area contributed by atoms with E-state index in [1.807, 2.05) is 0 Å². The minimum atomic E-state index is -0.405. The monoisotopic (exact) mass is 307 g/mol. The van der Waals surface area contributed by atoms with Crippen LogP contribution < -0.4 is 16.4 Å². The van der Waals surface area contributed by atoms with Gasteiger partial charge in [-0.05, 0) is 36.2 Å². The maximum atomic E-state index is 13.4. The number of carbonyl (C=O) groups excluding carboxylic acids is 1. The van der Waals surface area contributed by atoms with Crippen molar-refractivity contribution in [1.82, 2.24) is 5.32 Å². The first kappa shape index (κ1) is 15.1. The Morgan fingerprint density at radius 1 is 1.24 bits per heavy atom. The van der Waals surface area contributed by atoms with Gasteiger partial charge < -0.3 is 16.4 Å². The van der Waals surface area contributed by atoms with E-state index in [-0.39, 0.29) is 5.82 Å². The highest BCUT2D eigenvalue weighted by molar-refractivity contribution is 6.34. The number of benzene rings is 2. The van der Waals surface area contributed by atoms with Crippen LogP contribution in [0.4, 0.5) is 20.6 Å². The molecule has 0 saturated heterocycles. The number of urea groups is 1. The molecule has 2 aromatic rings. The summed E-state index contributed by atoms with van der Waals surface area (Å²) in [6.45, 7) is 0.319. The van der Waals surface area contributed by atoms with Crippen LogP contribution in [0.3, 0.4) is 0 Å². The maximum absolute atomic E-state index is 13.4. The summed E-state index contributed by atoms with van der Waals surface area (Å²) in [5.74, 6) is -0.277. The molecule has 0 saturated carbocycles. The molecule has 0 fully saturated rings. The van der Waals surface area contributed by atoms with E-state index in [1.165, 1.54) is 6.07 Å².